The molecule has 0 aliphatic carbocycles. The van der Waals surface area contributed by atoms with Crippen molar-refractivity contribution in [3.05, 3.63) is 168 Å². The Bertz CT molecular complexity index is 2270. The summed E-state index contributed by atoms with van der Waals surface area (Å²) >= 11 is 0. The van der Waals surface area contributed by atoms with Crippen molar-refractivity contribution < 1.29 is 9.47 Å². The Balaban J connectivity index is 1.25. The van der Waals surface area contributed by atoms with Crippen molar-refractivity contribution in [2.75, 3.05) is 4.90 Å². The average molecular weight is 646 g/mol. The standard InChI is InChI=1S/C46H36BNO2/c1-29-15-19-38(31(3)23-29)33-17-21-40-42(25-33)49-44-27-37(48(35-11-7-5-8-12-35)36-13-9-6-10-14-36)28-45-46(44)47(40)41-22-18-34(26-43(41)50-45)39-20-16-30(2)24-32(39)4/h5-28H,1-4H3. The molecule has 0 saturated carbocycles. The van der Waals surface area contributed by atoms with Crippen LogP contribution >= 0.6 is 0 Å². The third-order valence-corrected chi connectivity index (χ3v) is 10.1. The molecule has 2 heterocycles. The summed E-state index contributed by atoms with van der Waals surface area (Å²) in [5.74, 6) is 3.38. The van der Waals surface area contributed by atoms with Crippen molar-refractivity contribution in [2.45, 2.75) is 27.7 Å². The number of aryl methyl sites for hydroxylation is 4. The van der Waals surface area contributed by atoms with Gasteiger partial charge in [-0.3, -0.25) is 0 Å². The number of ether oxygens (including phenoxy) is 2. The largest absolute Gasteiger partial charge is 0.458 e. The molecule has 3 nitrogen and oxygen atoms in total. The molecule has 0 saturated heterocycles. The van der Waals surface area contributed by atoms with Crippen molar-refractivity contribution >= 4 is 40.2 Å². The molecule has 240 valence electrons. The van der Waals surface area contributed by atoms with E-state index in [1.165, 1.54) is 33.4 Å². The molecule has 0 spiro atoms. The van der Waals surface area contributed by atoms with E-state index < -0.39 is 0 Å². The van der Waals surface area contributed by atoms with Crippen LogP contribution in [0.25, 0.3) is 22.3 Å². The maximum absolute atomic E-state index is 6.94. The van der Waals surface area contributed by atoms with Crippen molar-refractivity contribution in [3.63, 3.8) is 0 Å². The fourth-order valence-corrected chi connectivity index (χ4v) is 7.82. The van der Waals surface area contributed by atoms with E-state index in [0.717, 1.165) is 67.6 Å². The van der Waals surface area contributed by atoms with E-state index in [1.54, 1.807) is 0 Å². The summed E-state index contributed by atoms with van der Waals surface area (Å²) < 4.78 is 13.9. The maximum atomic E-state index is 6.94. The van der Waals surface area contributed by atoms with Gasteiger partial charge in [0.25, 0.3) is 6.71 Å². The average Bonchev–Trinajstić information content (AvgIpc) is 3.12. The number of benzene rings is 7. The zero-order valence-corrected chi connectivity index (χ0v) is 28.7. The van der Waals surface area contributed by atoms with Gasteiger partial charge in [0.2, 0.25) is 0 Å². The van der Waals surface area contributed by atoms with Gasteiger partial charge in [0.05, 0.1) is 5.69 Å². The Labute approximate surface area is 294 Å². The molecular formula is C46H36BNO2. The highest BCUT2D eigenvalue weighted by atomic mass is 16.5. The van der Waals surface area contributed by atoms with Crippen LogP contribution in [0.2, 0.25) is 0 Å². The molecule has 0 bridgehead atoms. The van der Waals surface area contributed by atoms with Crippen molar-refractivity contribution in [3.8, 4) is 45.3 Å². The highest BCUT2D eigenvalue weighted by Crippen LogP contribution is 2.43. The van der Waals surface area contributed by atoms with E-state index in [9.17, 15) is 0 Å². The lowest BCUT2D eigenvalue weighted by Gasteiger charge is -2.35. The first kappa shape index (κ1) is 30.1. The van der Waals surface area contributed by atoms with Gasteiger partial charge in [-0.1, -0.05) is 108 Å². The maximum Gasteiger partial charge on any atom is 0.260 e. The minimum absolute atomic E-state index is 0.0372. The Morgan fingerprint density at radius 2 is 0.880 bits per heavy atom. The van der Waals surface area contributed by atoms with Gasteiger partial charge in [0, 0.05) is 29.0 Å². The van der Waals surface area contributed by atoms with Gasteiger partial charge in [-0.15, -0.1) is 0 Å². The third kappa shape index (κ3) is 5.07. The molecule has 7 aromatic rings. The molecule has 2 aliphatic rings. The zero-order valence-electron chi connectivity index (χ0n) is 28.7. The summed E-state index contributed by atoms with van der Waals surface area (Å²) in [6.07, 6.45) is 0. The molecule has 0 radical (unpaired) electrons. The molecule has 0 amide bonds. The van der Waals surface area contributed by atoms with Crippen LogP contribution < -0.4 is 30.8 Å². The SMILES string of the molecule is Cc1ccc(-c2ccc3c(c2)Oc2cc(N(c4ccccc4)c4ccccc4)cc4c2B3c2ccc(-c3ccc(C)cc3C)cc2O4)c(C)c1. The topological polar surface area (TPSA) is 21.7 Å². The van der Waals surface area contributed by atoms with E-state index >= 15 is 0 Å². The summed E-state index contributed by atoms with van der Waals surface area (Å²) in [4.78, 5) is 2.27. The smallest absolute Gasteiger partial charge is 0.260 e. The molecule has 0 N–H and O–H groups in total. The lowest BCUT2D eigenvalue weighted by molar-refractivity contribution is 0.465. The summed E-state index contributed by atoms with van der Waals surface area (Å²) in [5.41, 5.74) is 16.2. The highest BCUT2D eigenvalue weighted by Gasteiger charge is 2.41. The van der Waals surface area contributed by atoms with Crippen LogP contribution in [0.15, 0.2) is 146 Å². The first-order chi connectivity index (χ1) is 24.4. The molecule has 4 heteroatoms. The quantitative estimate of drug-likeness (QED) is 0.174. The summed E-state index contributed by atoms with van der Waals surface area (Å²) in [5, 5.41) is 0. The van der Waals surface area contributed by atoms with Crippen molar-refractivity contribution in [1.29, 1.82) is 0 Å². The molecule has 0 unspecified atom stereocenters. The van der Waals surface area contributed by atoms with Gasteiger partial charge < -0.3 is 14.4 Å². The molecule has 9 rings (SSSR count). The zero-order chi connectivity index (χ0) is 33.9. The van der Waals surface area contributed by atoms with Gasteiger partial charge in [0.1, 0.15) is 23.0 Å². The number of hydrogen-bond donors (Lipinski definition) is 0. The van der Waals surface area contributed by atoms with E-state index in [4.69, 9.17) is 9.47 Å². The fraction of sp³-hybridized carbons (Fsp3) is 0.0870. The minimum Gasteiger partial charge on any atom is -0.458 e. The highest BCUT2D eigenvalue weighted by molar-refractivity contribution is 6.98. The van der Waals surface area contributed by atoms with Crippen LogP contribution in [-0.4, -0.2) is 6.71 Å². The molecular weight excluding hydrogens is 609 g/mol. The van der Waals surface area contributed by atoms with Gasteiger partial charge >= 0.3 is 0 Å². The number of fused-ring (bicyclic) bond motifs is 4. The first-order valence-electron chi connectivity index (χ1n) is 17.3. The van der Waals surface area contributed by atoms with Crippen LogP contribution in [-0.2, 0) is 0 Å². The second-order valence-corrected chi connectivity index (χ2v) is 13.6. The van der Waals surface area contributed by atoms with Crippen molar-refractivity contribution in [1.82, 2.24) is 0 Å². The summed E-state index contributed by atoms with van der Waals surface area (Å²) in [6.45, 7) is 8.60. The lowest BCUT2D eigenvalue weighted by atomic mass is 9.34. The van der Waals surface area contributed by atoms with Crippen LogP contribution in [0.3, 0.4) is 0 Å². The van der Waals surface area contributed by atoms with E-state index in [2.05, 4.69) is 178 Å². The Morgan fingerprint density at radius 3 is 1.32 bits per heavy atom. The van der Waals surface area contributed by atoms with Crippen LogP contribution in [0.5, 0.6) is 23.0 Å². The number of nitrogens with zero attached hydrogens (tertiary/aromatic N) is 1. The summed E-state index contributed by atoms with van der Waals surface area (Å²) in [6, 6.07) is 52.0. The minimum atomic E-state index is -0.0372. The van der Waals surface area contributed by atoms with E-state index in [-0.39, 0.29) is 6.71 Å². The third-order valence-electron chi connectivity index (χ3n) is 10.1. The second kappa shape index (κ2) is 11.9. The second-order valence-electron chi connectivity index (χ2n) is 13.6. The predicted molar refractivity (Wildman–Crippen MR) is 209 cm³/mol. The van der Waals surface area contributed by atoms with Gasteiger partial charge in [-0.2, -0.15) is 0 Å². The van der Waals surface area contributed by atoms with E-state index in [1.807, 2.05) is 0 Å². The number of rotatable bonds is 5. The molecule has 0 aromatic heterocycles. The van der Waals surface area contributed by atoms with Crippen LogP contribution in [0.4, 0.5) is 17.1 Å². The normalized spacial score (nSPS) is 12.3. The number of anilines is 3. The Morgan fingerprint density at radius 1 is 0.420 bits per heavy atom. The Kier molecular flexibility index (Phi) is 7.13. The predicted octanol–water partition coefficient (Wildman–Crippen LogP) is 10.5. The lowest BCUT2D eigenvalue weighted by Crippen LogP contribution is -2.57. The number of hydrogen-bond acceptors (Lipinski definition) is 3. The van der Waals surface area contributed by atoms with Gasteiger partial charge in [0.15, 0.2) is 0 Å². The molecule has 2 aliphatic heterocycles. The van der Waals surface area contributed by atoms with Crippen molar-refractivity contribution in [2.24, 2.45) is 0 Å². The fourth-order valence-electron chi connectivity index (χ4n) is 7.82. The van der Waals surface area contributed by atoms with E-state index in [0.29, 0.717) is 0 Å². The Hall–Kier alpha value is -6.00. The molecule has 7 aromatic carbocycles. The van der Waals surface area contributed by atoms with Gasteiger partial charge in [-0.05, 0) is 108 Å². The summed E-state index contributed by atoms with van der Waals surface area (Å²) in [7, 11) is 0. The molecule has 0 fully saturated rings. The molecule has 0 atom stereocenters. The first-order valence-corrected chi connectivity index (χ1v) is 17.3. The monoisotopic (exact) mass is 645 g/mol. The van der Waals surface area contributed by atoms with Crippen LogP contribution in [0.1, 0.15) is 22.3 Å². The number of para-hydroxylation sites is 2. The van der Waals surface area contributed by atoms with Gasteiger partial charge in [-0.25, -0.2) is 0 Å². The van der Waals surface area contributed by atoms with Crippen LogP contribution in [0, 0.1) is 27.7 Å². The molecule has 50 heavy (non-hydrogen) atoms.